The smallest absolute Gasteiger partial charge is 0.123 e. The van der Waals surface area contributed by atoms with Gasteiger partial charge in [0, 0.05) is 6.54 Å². The van der Waals surface area contributed by atoms with Gasteiger partial charge < -0.3 is 5.32 Å². The monoisotopic (exact) mass is 271 g/mol. The van der Waals surface area contributed by atoms with Gasteiger partial charge in [-0.25, -0.2) is 4.39 Å². The Labute approximate surface area is 120 Å². The average Bonchev–Trinajstić information content (AvgIpc) is 2.40. The minimum Gasteiger partial charge on any atom is -0.316 e. The Morgan fingerprint density at radius 1 is 0.950 bits per heavy atom. The summed E-state index contributed by atoms with van der Waals surface area (Å²) >= 11 is 0. The van der Waals surface area contributed by atoms with Crippen LogP contribution in [0.15, 0.2) is 24.3 Å². The number of hydrogen-bond acceptors (Lipinski definition) is 1. The molecule has 2 aromatic rings. The summed E-state index contributed by atoms with van der Waals surface area (Å²) in [5.74, 6) is -0.183. The van der Waals surface area contributed by atoms with Gasteiger partial charge in [-0.2, -0.15) is 0 Å². The van der Waals surface area contributed by atoms with Gasteiger partial charge in [0.05, 0.1) is 0 Å². The zero-order chi connectivity index (χ0) is 14.9. The third-order valence-corrected chi connectivity index (χ3v) is 4.07. The van der Waals surface area contributed by atoms with Crippen LogP contribution in [0.1, 0.15) is 27.8 Å². The van der Waals surface area contributed by atoms with Gasteiger partial charge in [0.25, 0.3) is 0 Å². The molecule has 0 saturated heterocycles. The maximum atomic E-state index is 13.7. The molecule has 0 radical (unpaired) electrons. The van der Waals surface area contributed by atoms with E-state index in [0.717, 1.165) is 17.7 Å². The zero-order valence-electron chi connectivity index (χ0n) is 12.9. The molecule has 2 aromatic carbocycles. The lowest BCUT2D eigenvalue weighted by atomic mass is 9.87. The van der Waals surface area contributed by atoms with Crippen molar-refractivity contribution in [1.29, 1.82) is 0 Å². The van der Waals surface area contributed by atoms with Crippen molar-refractivity contribution in [3.63, 3.8) is 0 Å². The van der Waals surface area contributed by atoms with Gasteiger partial charge in [-0.05, 0) is 85.8 Å². The van der Waals surface area contributed by atoms with Crippen LogP contribution in [0.4, 0.5) is 4.39 Å². The topological polar surface area (TPSA) is 12.0 Å². The van der Waals surface area contributed by atoms with Crippen LogP contribution in [-0.2, 0) is 6.54 Å². The second kappa shape index (κ2) is 5.76. The highest BCUT2D eigenvalue weighted by Crippen LogP contribution is 2.34. The predicted molar refractivity (Wildman–Crippen MR) is 83.5 cm³/mol. The van der Waals surface area contributed by atoms with Crippen LogP contribution in [-0.4, -0.2) is 7.05 Å². The second-order valence-electron chi connectivity index (χ2n) is 5.47. The molecule has 0 unspecified atom stereocenters. The van der Waals surface area contributed by atoms with Crippen molar-refractivity contribution in [3.8, 4) is 11.1 Å². The summed E-state index contributed by atoms with van der Waals surface area (Å²) in [5.41, 5.74) is 8.27. The fraction of sp³-hybridized carbons (Fsp3) is 0.333. The van der Waals surface area contributed by atoms with E-state index < -0.39 is 0 Å². The lowest BCUT2D eigenvalue weighted by Gasteiger charge is -2.18. The van der Waals surface area contributed by atoms with E-state index in [1.54, 1.807) is 6.07 Å². The highest BCUT2D eigenvalue weighted by atomic mass is 19.1. The minimum atomic E-state index is -0.183. The minimum absolute atomic E-state index is 0.183. The molecule has 0 fully saturated rings. The van der Waals surface area contributed by atoms with Gasteiger partial charge in [0.2, 0.25) is 0 Å². The van der Waals surface area contributed by atoms with Gasteiger partial charge in [-0.15, -0.1) is 0 Å². The molecule has 0 aliphatic carbocycles. The quantitative estimate of drug-likeness (QED) is 0.870. The number of aryl methyl sites for hydroxylation is 2. The molecule has 2 rings (SSSR count). The van der Waals surface area contributed by atoms with Gasteiger partial charge in [-0.3, -0.25) is 0 Å². The molecule has 0 aromatic heterocycles. The first-order valence-electron chi connectivity index (χ1n) is 6.96. The van der Waals surface area contributed by atoms with E-state index >= 15 is 0 Å². The molecule has 0 bridgehead atoms. The maximum Gasteiger partial charge on any atom is 0.123 e. The standard InChI is InChI=1S/C18H22FN/c1-11-8-12(2)14(4)18(13(11)3)17-9-16(19)7-6-15(17)10-20-5/h6-9,20H,10H2,1-5H3. The molecule has 2 heteroatoms. The fourth-order valence-corrected chi connectivity index (χ4v) is 2.75. The van der Waals surface area contributed by atoms with Crippen LogP contribution in [0.5, 0.6) is 0 Å². The molecule has 0 amide bonds. The van der Waals surface area contributed by atoms with Gasteiger partial charge >= 0.3 is 0 Å². The van der Waals surface area contributed by atoms with E-state index in [9.17, 15) is 4.39 Å². The van der Waals surface area contributed by atoms with Gasteiger partial charge in [0.1, 0.15) is 5.82 Å². The van der Waals surface area contributed by atoms with E-state index in [1.807, 2.05) is 13.1 Å². The van der Waals surface area contributed by atoms with E-state index in [2.05, 4.69) is 39.1 Å². The zero-order valence-corrected chi connectivity index (χ0v) is 12.9. The predicted octanol–water partition coefficient (Wildman–Crippen LogP) is 4.45. The summed E-state index contributed by atoms with van der Waals surface area (Å²) < 4.78 is 13.7. The first-order valence-corrected chi connectivity index (χ1v) is 6.96. The number of hydrogen-bond donors (Lipinski definition) is 1. The van der Waals surface area contributed by atoms with Crippen molar-refractivity contribution in [3.05, 3.63) is 57.9 Å². The number of halogens is 1. The SMILES string of the molecule is CNCc1ccc(F)cc1-c1c(C)c(C)cc(C)c1C. The Morgan fingerprint density at radius 3 is 2.10 bits per heavy atom. The van der Waals surface area contributed by atoms with Crippen molar-refractivity contribution < 1.29 is 4.39 Å². The molecule has 20 heavy (non-hydrogen) atoms. The van der Waals surface area contributed by atoms with Crippen molar-refractivity contribution in [2.75, 3.05) is 7.05 Å². The lowest BCUT2D eigenvalue weighted by Crippen LogP contribution is -2.08. The lowest BCUT2D eigenvalue weighted by molar-refractivity contribution is 0.627. The summed E-state index contributed by atoms with van der Waals surface area (Å²) in [5, 5.41) is 3.16. The van der Waals surface area contributed by atoms with Crippen LogP contribution in [0, 0.1) is 33.5 Å². The molecule has 0 saturated carbocycles. The van der Waals surface area contributed by atoms with Crippen LogP contribution in [0.25, 0.3) is 11.1 Å². The van der Waals surface area contributed by atoms with Crippen molar-refractivity contribution in [2.45, 2.75) is 34.2 Å². The summed E-state index contributed by atoms with van der Waals surface area (Å²) in [6.07, 6.45) is 0. The van der Waals surface area contributed by atoms with E-state index in [0.29, 0.717) is 0 Å². The molecule has 0 heterocycles. The number of rotatable bonds is 3. The first-order chi connectivity index (χ1) is 9.45. The highest BCUT2D eigenvalue weighted by molar-refractivity contribution is 5.76. The van der Waals surface area contributed by atoms with Crippen LogP contribution in [0.3, 0.4) is 0 Å². The molecule has 0 aliphatic heterocycles. The van der Waals surface area contributed by atoms with Gasteiger partial charge in [0.15, 0.2) is 0 Å². The molecular formula is C18H22FN. The van der Waals surface area contributed by atoms with Crippen molar-refractivity contribution in [1.82, 2.24) is 5.32 Å². The maximum absolute atomic E-state index is 13.7. The second-order valence-corrected chi connectivity index (χ2v) is 5.47. The normalized spacial score (nSPS) is 10.9. The Hall–Kier alpha value is -1.67. The first kappa shape index (κ1) is 14.7. The summed E-state index contributed by atoms with van der Waals surface area (Å²) in [6, 6.07) is 7.26. The summed E-state index contributed by atoms with van der Waals surface area (Å²) in [6.45, 7) is 9.20. The number of benzene rings is 2. The molecule has 1 N–H and O–H groups in total. The van der Waals surface area contributed by atoms with Crippen LogP contribution >= 0.6 is 0 Å². The van der Waals surface area contributed by atoms with Crippen LogP contribution in [0.2, 0.25) is 0 Å². The summed E-state index contributed by atoms with van der Waals surface area (Å²) in [7, 11) is 1.91. The molecule has 0 aliphatic rings. The van der Waals surface area contributed by atoms with Gasteiger partial charge in [-0.1, -0.05) is 12.1 Å². The number of nitrogens with one attached hydrogen (secondary N) is 1. The van der Waals surface area contributed by atoms with Crippen molar-refractivity contribution in [2.24, 2.45) is 0 Å². The molecule has 0 spiro atoms. The largest absolute Gasteiger partial charge is 0.316 e. The Bertz CT molecular complexity index is 618. The third kappa shape index (κ3) is 2.61. The third-order valence-electron chi connectivity index (χ3n) is 4.07. The molecular weight excluding hydrogens is 249 g/mol. The molecule has 1 nitrogen and oxygen atoms in total. The van der Waals surface area contributed by atoms with E-state index in [-0.39, 0.29) is 5.82 Å². The van der Waals surface area contributed by atoms with E-state index in [4.69, 9.17) is 0 Å². The Balaban J connectivity index is 2.77. The Kier molecular flexibility index (Phi) is 4.24. The average molecular weight is 271 g/mol. The fourth-order valence-electron chi connectivity index (χ4n) is 2.75. The summed E-state index contributed by atoms with van der Waals surface area (Å²) in [4.78, 5) is 0. The van der Waals surface area contributed by atoms with E-state index in [1.165, 1.54) is 33.9 Å². The van der Waals surface area contributed by atoms with Crippen molar-refractivity contribution >= 4 is 0 Å². The van der Waals surface area contributed by atoms with Crippen LogP contribution < -0.4 is 5.32 Å². The highest BCUT2D eigenvalue weighted by Gasteiger charge is 2.14. The Morgan fingerprint density at radius 2 is 1.55 bits per heavy atom. The molecule has 0 atom stereocenters. The molecule has 106 valence electrons.